The van der Waals surface area contributed by atoms with Crippen molar-refractivity contribution < 1.29 is 33.8 Å². The van der Waals surface area contributed by atoms with E-state index in [4.69, 9.17) is 9.47 Å². The molecule has 3 aromatic carbocycles. The van der Waals surface area contributed by atoms with Crippen molar-refractivity contribution in [3.8, 4) is 5.75 Å². The van der Waals surface area contributed by atoms with Crippen LogP contribution in [0, 0.1) is 5.92 Å². The van der Waals surface area contributed by atoms with Crippen molar-refractivity contribution in [1.82, 2.24) is 4.90 Å². The summed E-state index contributed by atoms with van der Waals surface area (Å²) in [5.41, 5.74) is 1.64. The molecule has 12 heteroatoms. The molecule has 0 saturated carbocycles. The molecule has 3 aliphatic rings. The standard InChI is InChI=1S/C36H42BrN3O7Si/c1-22-33(48(3,4)45)31(19-32(42)39-17-5-6-27(39)21-41)47-36(22)29-18-25(37)11-16-30(29)40(35(36)44)20-23-7-12-26(13-8-23)38-34(43)24-9-14-28(46-2)15-10-24/h7-16,18,22,27,31,33,41,45H,5-6,17,19-21H2,1-4H3,(H,38,43)/t22-,27-,31+,33-,36+/m0/s1. The zero-order valence-corrected chi connectivity index (χ0v) is 30.2. The first-order valence-electron chi connectivity index (χ1n) is 16.3. The van der Waals surface area contributed by atoms with Gasteiger partial charge in [-0.2, -0.15) is 0 Å². The number of anilines is 2. The predicted molar refractivity (Wildman–Crippen MR) is 188 cm³/mol. The van der Waals surface area contributed by atoms with Crippen molar-refractivity contribution >= 4 is 53.3 Å². The number of carbonyl (C=O) groups is 3. The topological polar surface area (TPSA) is 129 Å². The number of likely N-dealkylation sites (tertiary alicyclic amines) is 1. The Kier molecular flexibility index (Phi) is 9.58. The third-order valence-corrected chi connectivity index (χ3v) is 13.1. The molecule has 254 valence electrons. The van der Waals surface area contributed by atoms with Gasteiger partial charge in [0.1, 0.15) is 5.75 Å². The maximum Gasteiger partial charge on any atom is 0.264 e. The van der Waals surface area contributed by atoms with Gasteiger partial charge < -0.3 is 34.5 Å². The minimum Gasteiger partial charge on any atom is -0.497 e. The van der Waals surface area contributed by atoms with Gasteiger partial charge in [-0.1, -0.05) is 35.0 Å². The fourth-order valence-electron chi connectivity index (χ4n) is 7.87. The fraction of sp³-hybridized carbons (Fsp3) is 0.417. The van der Waals surface area contributed by atoms with E-state index in [9.17, 15) is 24.3 Å². The molecular weight excluding hydrogens is 694 g/mol. The van der Waals surface area contributed by atoms with Crippen molar-refractivity contribution in [2.45, 2.75) is 69.1 Å². The first-order valence-corrected chi connectivity index (χ1v) is 20.2. The van der Waals surface area contributed by atoms with Crippen LogP contribution >= 0.6 is 15.9 Å². The molecule has 3 aromatic rings. The van der Waals surface area contributed by atoms with Gasteiger partial charge in [0, 0.05) is 39.3 Å². The van der Waals surface area contributed by atoms with E-state index in [1.165, 1.54) is 0 Å². The van der Waals surface area contributed by atoms with Crippen LogP contribution < -0.4 is 15.0 Å². The number of fused-ring (bicyclic) bond motifs is 2. The number of halogens is 1. The molecular formula is C36H42BrN3O7Si. The van der Waals surface area contributed by atoms with Crippen molar-refractivity contribution in [1.29, 1.82) is 0 Å². The summed E-state index contributed by atoms with van der Waals surface area (Å²) < 4.78 is 12.8. The van der Waals surface area contributed by atoms with Gasteiger partial charge in [-0.05, 0) is 86.1 Å². The van der Waals surface area contributed by atoms with Crippen molar-refractivity contribution in [2.75, 3.05) is 30.5 Å². The SMILES string of the molecule is COc1ccc(C(=O)Nc2ccc(CN3C(=O)[C@]4(O[C@H](CC(=O)N5CCC[C@H]5CO)[C@@H]([Si](C)(C)O)[C@@H]4C)c4cc(Br)ccc43)cc2)cc1. The molecule has 5 atom stereocenters. The third-order valence-electron chi connectivity index (χ3n) is 10.1. The summed E-state index contributed by atoms with van der Waals surface area (Å²) in [6, 6.07) is 19.7. The molecule has 3 heterocycles. The van der Waals surface area contributed by atoms with Crippen LogP contribution in [0.15, 0.2) is 71.2 Å². The number of ether oxygens (including phenoxy) is 2. The summed E-state index contributed by atoms with van der Waals surface area (Å²) in [7, 11) is -1.38. The molecule has 0 aromatic heterocycles. The van der Waals surface area contributed by atoms with Crippen molar-refractivity contribution in [3.63, 3.8) is 0 Å². The van der Waals surface area contributed by atoms with Crippen LogP contribution in [0.1, 0.15) is 47.7 Å². The van der Waals surface area contributed by atoms with Crippen LogP contribution in [0.5, 0.6) is 5.75 Å². The van der Waals surface area contributed by atoms with Gasteiger partial charge in [0.2, 0.25) is 5.91 Å². The number of amides is 3. The number of hydrogen-bond acceptors (Lipinski definition) is 7. The predicted octanol–water partition coefficient (Wildman–Crippen LogP) is 5.43. The summed E-state index contributed by atoms with van der Waals surface area (Å²) in [4.78, 5) is 56.1. The van der Waals surface area contributed by atoms with Gasteiger partial charge in [0.25, 0.3) is 11.8 Å². The van der Waals surface area contributed by atoms with E-state index in [0.29, 0.717) is 29.1 Å². The third kappa shape index (κ3) is 6.20. The van der Waals surface area contributed by atoms with Gasteiger partial charge >= 0.3 is 0 Å². The molecule has 48 heavy (non-hydrogen) atoms. The van der Waals surface area contributed by atoms with Gasteiger partial charge in [-0.15, -0.1) is 0 Å². The molecule has 1 spiro atoms. The van der Waals surface area contributed by atoms with E-state index in [2.05, 4.69) is 21.2 Å². The molecule has 0 bridgehead atoms. The van der Waals surface area contributed by atoms with Crippen LogP contribution in [0.2, 0.25) is 18.6 Å². The number of benzene rings is 3. The lowest BCUT2D eigenvalue weighted by atomic mass is 9.82. The quantitative estimate of drug-likeness (QED) is 0.250. The van der Waals surface area contributed by atoms with Crippen LogP contribution in [0.25, 0.3) is 0 Å². The van der Waals surface area contributed by atoms with Gasteiger partial charge in [-0.25, -0.2) is 0 Å². The Hall–Kier alpha value is -3.55. The summed E-state index contributed by atoms with van der Waals surface area (Å²) in [5.74, 6) is -0.341. The first-order chi connectivity index (χ1) is 22.9. The number of rotatable bonds is 9. The number of nitrogens with zero attached hydrogens (tertiary/aromatic N) is 2. The molecule has 3 N–H and O–H groups in total. The maximum absolute atomic E-state index is 14.7. The van der Waals surface area contributed by atoms with E-state index in [1.54, 1.807) is 53.3 Å². The molecule has 3 amide bonds. The molecule has 6 rings (SSSR count). The van der Waals surface area contributed by atoms with Gasteiger partial charge in [0.15, 0.2) is 13.9 Å². The molecule has 2 saturated heterocycles. The second-order valence-corrected chi connectivity index (χ2v) is 18.5. The highest BCUT2D eigenvalue weighted by Crippen LogP contribution is 2.60. The van der Waals surface area contributed by atoms with Crippen LogP contribution in [0.4, 0.5) is 11.4 Å². The second kappa shape index (κ2) is 13.4. The van der Waals surface area contributed by atoms with E-state index in [-0.39, 0.29) is 48.9 Å². The number of nitrogens with one attached hydrogen (secondary N) is 1. The van der Waals surface area contributed by atoms with E-state index in [0.717, 1.165) is 28.6 Å². The molecule has 3 aliphatic heterocycles. The average molecular weight is 737 g/mol. The zero-order valence-electron chi connectivity index (χ0n) is 27.6. The molecule has 0 unspecified atom stereocenters. The zero-order chi connectivity index (χ0) is 34.4. The number of methoxy groups -OCH3 is 1. The Morgan fingerprint density at radius 1 is 1.10 bits per heavy atom. The molecule has 2 fully saturated rings. The van der Waals surface area contributed by atoms with Crippen molar-refractivity contribution in [2.24, 2.45) is 5.92 Å². The Morgan fingerprint density at radius 2 is 1.81 bits per heavy atom. The fourth-order valence-corrected chi connectivity index (χ4v) is 10.8. The molecule has 0 radical (unpaired) electrons. The maximum atomic E-state index is 14.7. The summed E-state index contributed by atoms with van der Waals surface area (Å²) >= 11 is 3.59. The van der Waals surface area contributed by atoms with Crippen molar-refractivity contribution in [3.05, 3.63) is 87.9 Å². The molecule has 0 aliphatic carbocycles. The minimum absolute atomic E-state index is 0.0323. The Balaban J connectivity index is 1.26. The second-order valence-electron chi connectivity index (χ2n) is 13.6. The highest BCUT2D eigenvalue weighted by molar-refractivity contribution is 9.10. The highest BCUT2D eigenvalue weighted by Gasteiger charge is 2.66. The highest BCUT2D eigenvalue weighted by atomic mass is 79.9. The number of hydrogen-bond donors (Lipinski definition) is 3. The normalized spacial score (nSPS) is 25.1. The minimum atomic E-state index is -2.95. The monoisotopic (exact) mass is 735 g/mol. The van der Waals surface area contributed by atoms with Crippen LogP contribution in [0.3, 0.4) is 0 Å². The summed E-state index contributed by atoms with van der Waals surface area (Å²) in [5, 5.41) is 12.7. The average Bonchev–Trinajstić information content (AvgIpc) is 3.72. The van der Waals surface area contributed by atoms with Gasteiger partial charge in [0.05, 0.1) is 44.5 Å². The largest absolute Gasteiger partial charge is 0.497 e. The van der Waals surface area contributed by atoms with Crippen LogP contribution in [-0.4, -0.2) is 73.2 Å². The lowest BCUT2D eigenvalue weighted by molar-refractivity contribution is -0.150. The van der Waals surface area contributed by atoms with E-state index >= 15 is 0 Å². The lowest BCUT2D eigenvalue weighted by Crippen LogP contribution is -2.46. The van der Waals surface area contributed by atoms with E-state index in [1.807, 2.05) is 50.3 Å². The smallest absolute Gasteiger partial charge is 0.264 e. The first kappa shape index (κ1) is 34.3. The Morgan fingerprint density at radius 3 is 2.46 bits per heavy atom. The van der Waals surface area contributed by atoms with E-state index < -0.39 is 25.9 Å². The number of aliphatic hydroxyl groups is 1. The number of carbonyl (C=O) groups excluding carboxylic acids is 3. The summed E-state index contributed by atoms with van der Waals surface area (Å²) in [6.07, 6.45) is 0.952. The van der Waals surface area contributed by atoms with Gasteiger partial charge in [-0.3, -0.25) is 14.4 Å². The summed E-state index contributed by atoms with van der Waals surface area (Å²) in [6.45, 7) is 6.39. The van der Waals surface area contributed by atoms with Crippen LogP contribution in [-0.2, 0) is 26.5 Å². The lowest BCUT2D eigenvalue weighted by Gasteiger charge is -2.32. The number of aliphatic hydroxyl groups excluding tert-OH is 1. The molecule has 10 nitrogen and oxygen atoms in total. The Bertz CT molecular complexity index is 1700. The Labute approximate surface area is 290 Å².